The van der Waals surface area contributed by atoms with Crippen LogP contribution in [0.1, 0.15) is 142 Å². The molecule has 6 N–H and O–H groups in total. The molecule has 0 aromatic carbocycles. The number of nitrogens with one attached hydrogen (secondary N) is 1. The average molecular weight is 1220 g/mol. The molecule has 5 aliphatic rings. The minimum Gasteiger partial charge on any atom is -0.459 e. The molecule has 87 heavy (non-hydrogen) atoms. The number of fused-ring (bicyclic) bond motifs is 3. The Balaban J connectivity index is 1.16. The molecule has 1 unspecified atom stereocenters. The Kier molecular flexibility index (Phi) is 27.2. The van der Waals surface area contributed by atoms with Crippen LogP contribution in [0.4, 0.5) is 10.7 Å². The maximum Gasteiger partial charge on any atom is 0.410 e. The van der Waals surface area contributed by atoms with Crippen molar-refractivity contribution in [2.45, 2.75) is 193 Å². The SMILES string of the molecule is CCCOCCNC(=O)c1cnc(N2CCN(C(=O)O[C@@H]3CC[C@@H](C[C@@H](N)[C@@H]4CC(=O)[C@H](C)/C=C(\C)[C@@H](O)[C@@H](O)C(=O)C(C)C[C@H](C)/C=C/C=C/C=C(\C)[C@@H](OC)C[C@@H]5CC[C@@H](C)[C@@](O)(O5)C(=O)C(=O)N5CCCC[C@H]5C(=O)O4)C[C@H]3OC)CC2)nc1. The van der Waals surface area contributed by atoms with Gasteiger partial charge in [0.2, 0.25) is 11.7 Å². The molecule has 1 aromatic rings. The average Bonchev–Trinajstić information content (AvgIpc) is 2.70. The highest BCUT2D eigenvalue weighted by atomic mass is 16.6. The highest BCUT2D eigenvalue weighted by molar-refractivity contribution is 6.39. The molecule has 15 atom stereocenters. The quantitative estimate of drug-likeness (QED) is 0.0740. The van der Waals surface area contributed by atoms with Crippen molar-refractivity contribution in [3.8, 4) is 0 Å². The Bertz CT molecular complexity index is 2610. The highest BCUT2D eigenvalue weighted by Crippen LogP contribution is 2.38. The summed E-state index contributed by atoms with van der Waals surface area (Å²) in [6.07, 6.45) is 11.0. The molecule has 6 rings (SSSR count). The Labute approximate surface area is 512 Å². The van der Waals surface area contributed by atoms with Crippen molar-refractivity contribution in [1.29, 1.82) is 0 Å². The number of nitrogens with zero attached hydrogens (tertiary/aromatic N) is 5. The maximum atomic E-state index is 14.6. The van der Waals surface area contributed by atoms with Gasteiger partial charge in [-0.25, -0.2) is 19.6 Å². The fraction of sp³-hybridized carbons (Fsp3) is 0.703. The molecule has 4 aliphatic heterocycles. The number of amides is 3. The fourth-order valence-electron chi connectivity index (χ4n) is 12.3. The largest absolute Gasteiger partial charge is 0.459 e. The van der Waals surface area contributed by atoms with Crippen LogP contribution in [0.2, 0.25) is 0 Å². The molecule has 1 saturated carbocycles. The smallest absolute Gasteiger partial charge is 0.410 e. The van der Waals surface area contributed by atoms with Crippen LogP contribution in [-0.2, 0) is 52.4 Å². The van der Waals surface area contributed by atoms with Crippen molar-refractivity contribution in [3.05, 3.63) is 65.6 Å². The van der Waals surface area contributed by atoms with Crippen LogP contribution in [0.5, 0.6) is 0 Å². The lowest BCUT2D eigenvalue weighted by atomic mass is 9.80. The zero-order valence-electron chi connectivity index (χ0n) is 52.5. The normalized spacial score (nSPS) is 34.1. The number of cyclic esters (lactones) is 1. The number of Topliss-reactive ketones (excluding diaryl/α,β-unsaturated/α-hetero) is 3. The molecule has 23 heteroatoms. The van der Waals surface area contributed by atoms with E-state index in [2.05, 4.69) is 15.3 Å². The van der Waals surface area contributed by atoms with Gasteiger partial charge in [0.15, 0.2) is 5.78 Å². The number of ether oxygens (including phenoxy) is 6. The number of carbonyl (C=O) groups excluding carboxylic acids is 7. The summed E-state index contributed by atoms with van der Waals surface area (Å²) >= 11 is 0. The van der Waals surface area contributed by atoms with E-state index in [4.69, 9.17) is 34.2 Å². The summed E-state index contributed by atoms with van der Waals surface area (Å²) in [5.74, 6) is -9.07. The van der Waals surface area contributed by atoms with E-state index in [0.717, 1.165) is 16.9 Å². The summed E-state index contributed by atoms with van der Waals surface area (Å²) in [7, 11) is 3.08. The van der Waals surface area contributed by atoms with Gasteiger partial charge >= 0.3 is 12.1 Å². The van der Waals surface area contributed by atoms with Gasteiger partial charge in [0.1, 0.15) is 36.2 Å². The summed E-state index contributed by atoms with van der Waals surface area (Å²) in [6.45, 7) is 15.2. The van der Waals surface area contributed by atoms with Crippen LogP contribution >= 0.6 is 0 Å². The zero-order chi connectivity index (χ0) is 63.5. The van der Waals surface area contributed by atoms with E-state index in [1.54, 1.807) is 32.8 Å². The number of aliphatic hydroxyl groups is 3. The number of carbonyl (C=O) groups is 7. The van der Waals surface area contributed by atoms with Crippen molar-refractivity contribution in [2.75, 3.05) is 71.6 Å². The van der Waals surface area contributed by atoms with E-state index in [-0.39, 0.29) is 49.1 Å². The number of anilines is 1. The first-order valence-corrected chi connectivity index (χ1v) is 31.3. The summed E-state index contributed by atoms with van der Waals surface area (Å²) in [5.41, 5.74) is 8.36. The number of piperidine rings is 1. The molecule has 23 nitrogen and oxygen atoms in total. The van der Waals surface area contributed by atoms with Crippen molar-refractivity contribution in [2.24, 2.45) is 35.3 Å². The Morgan fingerprint density at radius 1 is 0.839 bits per heavy atom. The molecule has 0 radical (unpaired) electrons. The number of rotatable bonds is 13. The van der Waals surface area contributed by atoms with Gasteiger partial charge in [-0.2, -0.15) is 0 Å². The van der Waals surface area contributed by atoms with Gasteiger partial charge in [0.05, 0.1) is 30.5 Å². The summed E-state index contributed by atoms with van der Waals surface area (Å²) in [5, 5.41) is 37.3. The first-order valence-electron chi connectivity index (χ1n) is 31.3. The summed E-state index contributed by atoms with van der Waals surface area (Å²) in [6, 6.07) is -2.23. The maximum absolute atomic E-state index is 14.6. The third-order valence-corrected chi connectivity index (χ3v) is 17.8. The van der Waals surface area contributed by atoms with Gasteiger partial charge in [0.25, 0.3) is 17.6 Å². The predicted octanol–water partition coefficient (Wildman–Crippen LogP) is 5.13. The van der Waals surface area contributed by atoms with Crippen LogP contribution in [-0.4, -0.2) is 204 Å². The molecular weight excluding hydrogens is 1120 g/mol. The van der Waals surface area contributed by atoms with Crippen LogP contribution in [0.15, 0.2) is 60.0 Å². The molecule has 1 aliphatic carbocycles. The Morgan fingerprint density at radius 2 is 1.56 bits per heavy atom. The number of ketones is 3. The molecule has 3 amide bonds. The van der Waals surface area contributed by atoms with Crippen molar-refractivity contribution in [1.82, 2.24) is 25.1 Å². The summed E-state index contributed by atoms with van der Waals surface area (Å²) in [4.78, 5) is 111. The van der Waals surface area contributed by atoms with Crippen LogP contribution in [0, 0.1) is 29.6 Å². The van der Waals surface area contributed by atoms with Crippen molar-refractivity contribution in [3.63, 3.8) is 0 Å². The number of esters is 1. The molecule has 1 aromatic heterocycles. The zero-order valence-corrected chi connectivity index (χ0v) is 52.5. The fourth-order valence-corrected chi connectivity index (χ4v) is 12.3. The predicted molar refractivity (Wildman–Crippen MR) is 323 cm³/mol. The van der Waals surface area contributed by atoms with Crippen LogP contribution in [0.3, 0.4) is 0 Å². The number of piperazine rings is 1. The second-order valence-electron chi connectivity index (χ2n) is 24.5. The summed E-state index contributed by atoms with van der Waals surface area (Å²) < 4.78 is 35.7. The molecule has 3 saturated heterocycles. The molecule has 5 heterocycles. The van der Waals surface area contributed by atoms with E-state index < -0.39 is 120 Å². The van der Waals surface area contributed by atoms with Crippen molar-refractivity contribution >= 4 is 47.2 Å². The number of aromatic nitrogens is 2. The molecule has 484 valence electrons. The number of hydrogen-bond acceptors (Lipinski definition) is 20. The lowest BCUT2D eigenvalue weighted by Crippen LogP contribution is -2.61. The first-order chi connectivity index (χ1) is 41.5. The standard InChI is InChI=1S/C64H97N7O16/c1-10-29-84-30-23-66-59(77)46-37-67-62(68-38-46)69-25-27-70(28-26-69)63(80)86-51-22-20-45(34-54(51)83-9)33-48(65)53-36-50(72)41(4)32-43(6)56(74)57(75)55(73)42(5)31-39(2)16-12-11-13-17-40(3)52(82-8)35-47-21-19-44(7)64(81,87-47)58(76)60(78)71-24-15-14-18-49(71)61(79)85-53/h11-13,16-17,32,37-39,41-42,44-45,47-49,51-54,56-57,74-75,81H,10,14-15,18-31,33-36,65H2,1-9H3,(H,66,77)/b13-11+,16-12+,40-17+,43-32+/t39-,41-,42?,44-,45+,47+,48-,49+,51-,52+,53+,54-,56-,57+,64-/m1/s1. The number of hydrogen-bond donors (Lipinski definition) is 5. The first kappa shape index (κ1) is 70.3. The second-order valence-corrected chi connectivity index (χ2v) is 24.5. The number of aliphatic hydroxyl groups excluding tert-OH is 2. The monoisotopic (exact) mass is 1220 g/mol. The lowest BCUT2D eigenvalue weighted by Gasteiger charge is -2.42. The van der Waals surface area contributed by atoms with Gasteiger partial charge in [-0.15, -0.1) is 0 Å². The Morgan fingerprint density at radius 3 is 2.25 bits per heavy atom. The molecule has 2 bridgehead atoms. The van der Waals surface area contributed by atoms with Crippen molar-refractivity contribution < 1.29 is 77.3 Å². The lowest BCUT2D eigenvalue weighted by molar-refractivity contribution is -0.265. The van der Waals surface area contributed by atoms with Gasteiger partial charge in [-0.1, -0.05) is 71.1 Å². The highest BCUT2D eigenvalue weighted by Gasteiger charge is 2.53. The second kappa shape index (κ2) is 33.7. The molecule has 0 spiro atoms. The van der Waals surface area contributed by atoms with Gasteiger partial charge in [-0.3, -0.25) is 24.0 Å². The van der Waals surface area contributed by atoms with Crippen LogP contribution in [0.25, 0.3) is 0 Å². The van der Waals surface area contributed by atoms with Crippen LogP contribution < -0.4 is 16.0 Å². The van der Waals surface area contributed by atoms with E-state index >= 15 is 0 Å². The van der Waals surface area contributed by atoms with E-state index in [1.807, 2.05) is 56.1 Å². The van der Waals surface area contributed by atoms with Gasteiger partial charge in [-0.05, 0) is 107 Å². The number of allylic oxidation sites excluding steroid dienone is 6. The van der Waals surface area contributed by atoms with E-state index in [1.165, 1.54) is 32.5 Å². The van der Waals surface area contributed by atoms with Gasteiger partial charge in [0, 0.05) is 109 Å². The third-order valence-electron chi connectivity index (χ3n) is 17.8. The van der Waals surface area contributed by atoms with E-state index in [0.29, 0.717) is 109 Å². The molecule has 4 fully saturated rings. The van der Waals surface area contributed by atoms with Gasteiger partial charge < -0.3 is 69.5 Å². The molecular formula is C64H97N7O16. The number of nitrogens with two attached hydrogens (primary N) is 1. The minimum absolute atomic E-state index is 0.00650. The Hall–Kier alpha value is -5.79. The number of methoxy groups -OCH3 is 2. The topological polar surface area (TPSA) is 309 Å². The minimum atomic E-state index is -2.50. The third kappa shape index (κ3) is 19.4. The van der Waals surface area contributed by atoms with E-state index in [9.17, 15) is 48.9 Å².